The van der Waals surface area contributed by atoms with Crippen LogP contribution in [0.3, 0.4) is 0 Å². The summed E-state index contributed by atoms with van der Waals surface area (Å²) in [5, 5.41) is 3.01. The molecule has 28 heavy (non-hydrogen) atoms. The molecule has 0 aromatic heterocycles. The molecule has 0 bridgehead atoms. The van der Waals surface area contributed by atoms with Crippen LogP contribution in [0.4, 0.5) is 0 Å². The summed E-state index contributed by atoms with van der Waals surface area (Å²) < 4.78 is 6.23. The van der Waals surface area contributed by atoms with Gasteiger partial charge in [-0.3, -0.25) is 9.59 Å². The molecule has 1 saturated heterocycles. The number of ketones is 1. The first-order valence-electron chi connectivity index (χ1n) is 10.4. The van der Waals surface area contributed by atoms with E-state index >= 15 is 0 Å². The Morgan fingerprint density at radius 3 is 2.79 bits per heavy atom. The van der Waals surface area contributed by atoms with Gasteiger partial charge in [0.15, 0.2) is 5.78 Å². The van der Waals surface area contributed by atoms with Crippen LogP contribution in [0.25, 0.3) is 0 Å². The predicted octanol–water partition coefficient (Wildman–Crippen LogP) is 1.50. The van der Waals surface area contributed by atoms with Crippen molar-refractivity contribution in [2.24, 2.45) is 0 Å². The van der Waals surface area contributed by atoms with Crippen LogP contribution in [-0.4, -0.2) is 73.4 Å². The minimum atomic E-state index is -0.563. The maximum Gasteiger partial charge on any atom is 0.221 e. The summed E-state index contributed by atoms with van der Waals surface area (Å²) in [6, 6.07) is 5.68. The molecule has 1 amide bonds. The van der Waals surface area contributed by atoms with Crippen LogP contribution in [0.5, 0.6) is 5.75 Å². The number of hydrogen-bond acceptors (Lipinski definition) is 5. The van der Waals surface area contributed by atoms with Crippen molar-refractivity contribution in [2.45, 2.75) is 50.7 Å². The van der Waals surface area contributed by atoms with Gasteiger partial charge in [-0.25, -0.2) is 0 Å². The number of amides is 1. The second-order valence-electron chi connectivity index (χ2n) is 8.86. The predicted molar refractivity (Wildman–Crippen MR) is 108 cm³/mol. The number of Topliss-reactive ketones (excluding diaryl/α,β-unsaturated/α-hetero) is 1. The van der Waals surface area contributed by atoms with Gasteiger partial charge in [0.2, 0.25) is 5.91 Å². The fraction of sp³-hybridized carbons (Fsp3) is 0.636. The van der Waals surface area contributed by atoms with Crippen LogP contribution in [0.2, 0.25) is 0 Å². The molecule has 1 aromatic carbocycles. The number of hydrogen-bond donors (Lipinski definition) is 1. The highest BCUT2D eigenvalue weighted by atomic mass is 16.5. The minimum Gasteiger partial charge on any atom is -0.487 e. The van der Waals surface area contributed by atoms with E-state index in [9.17, 15) is 9.59 Å². The molecule has 4 rings (SSSR count). The molecule has 0 radical (unpaired) electrons. The smallest absolute Gasteiger partial charge is 0.221 e. The maximum absolute atomic E-state index is 12.7. The van der Waals surface area contributed by atoms with Crippen molar-refractivity contribution in [2.75, 3.05) is 39.8 Å². The van der Waals surface area contributed by atoms with E-state index < -0.39 is 6.04 Å². The third kappa shape index (κ3) is 3.55. The van der Waals surface area contributed by atoms with Gasteiger partial charge in [-0.1, -0.05) is 19.1 Å². The number of benzene rings is 1. The molecule has 2 aliphatic heterocycles. The molecule has 0 unspecified atom stereocenters. The summed E-state index contributed by atoms with van der Waals surface area (Å²) in [7, 11) is 2.12. The first kappa shape index (κ1) is 19.4. The van der Waals surface area contributed by atoms with Crippen LogP contribution in [-0.2, 0) is 15.0 Å². The van der Waals surface area contributed by atoms with Crippen molar-refractivity contribution in [1.29, 1.82) is 0 Å². The van der Waals surface area contributed by atoms with Crippen molar-refractivity contribution < 1.29 is 14.3 Å². The fourth-order valence-electron chi connectivity index (χ4n) is 4.77. The number of fused-ring (bicyclic) bond motifs is 3. The van der Waals surface area contributed by atoms with E-state index in [1.165, 1.54) is 0 Å². The Morgan fingerprint density at radius 2 is 2.04 bits per heavy atom. The number of nitrogens with one attached hydrogen (secondary N) is 1. The highest BCUT2D eigenvalue weighted by Gasteiger charge is 2.54. The van der Waals surface area contributed by atoms with Crippen molar-refractivity contribution in [1.82, 2.24) is 15.1 Å². The second-order valence-corrected chi connectivity index (χ2v) is 8.86. The van der Waals surface area contributed by atoms with Gasteiger partial charge in [0.1, 0.15) is 17.9 Å². The summed E-state index contributed by atoms with van der Waals surface area (Å²) in [4.78, 5) is 29.9. The van der Waals surface area contributed by atoms with E-state index in [-0.39, 0.29) is 23.2 Å². The van der Waals surface area contributed by atoms with Crippen LogP contribution >= 0.6 is 0 Å². The number of rotatable bonds is 4. The first-order valence-corrected chi connectivity index (χ1v) is 10.4. The van der Waals surface area contributed by atoms with E-state index in [2.05, 4.69) is 41.2 Å². The van der Waals surface area contributed by atoms with Gasteiger partial charge in [0, 0.05) is 56.5 Å². The lowest BCUT2D eigenvalue weighted by molar-refractivity contribution is -0.133. The summed E-state index contributed by atoms with van der Waals surface area (Å²) in [6.07, 6.45) is 1.34. The van der Waals surface area contributed by atoms with Crippen LogP contribution in [0.1, 0.15) is 37.3 Å². The van der Waals surface area contributed by atoms with Gasteiger partial charge >= 0.3 is 0 Å². The average Bonchev–Trinajstić information content (AvgIpc) is 2.96. The zero-order valence-electron chi connectivity index (χ0n) is 17.2. The molecular weight excluding hydrogens is 354 g/mol. The van der Waals surface area contributed by atoms with Crippen LogP contribution < -0.4 is 10.1 Å². The van der Waals surface area contributed by atoms with Gasteiger partial charge in [-0.15, -0.1) is 0 Å². The topological polar surface area (TPSA) is 61.9 Å². The van der Waals surface area contributed by atoms with E-state index in [0.29, 0.717) is 12.8 Å². The number of carbonyl (C=O) groups excluding carboxylic acids is 2. The van der Waals surface area contributed by atoms with Crippen molar-refractivity contribution in [3.8, 4) is 5.75 Å². The maximum atomic E-state index is 12.7. The number of ether oxygens (including phenoxy) is 1. The Kier molecular flexibility index (Phi) is 5.19. The quantitative estimate of drug-likeness (QED) is 0.851. The summed E-state index contributed by atoms with van der Waals surface area (Å²) >= 11 is 0. The summed E-state index contributed by atoms with van der Waals surface area (Å²) in [5.74, 6) is 0.885. The number of aryl methyl sites for hydroxylation is 1. The molecule has 3 atom stereocenters. The molecule has 1 saturated carbocycles. The molecule has 6 heteroatoms. The third-order valence-electron chi connectivity index (χ3n) is 6.74. The van der Waals surface area contributed by atoms with Crippen molar-refractivity contribution in [3.63, 3.8) is 0 Å². The van der Waals surface area contributed by atoms with Crippen LogP contribution in [0.15, 0.2) is 18.2 Å². The molecule has 1 N–H and O–H groups in total. The Morgan fingerprint density at radius 1 is 1.29 bits per heavy atom. The Labute approximate surface area is 167 Å². The van der Waals surface area contributed by atoms with E-state index in [4.69, 9.17) is 4.74 Å². The standard InChI is InChI=1S/C22H31N3O3/c1-15-4-5-16-18(14-15)28-21-20(17(26)6-8-22(16,21)2)23-19(27)7-9-25-12-10-24(3)11-13-25/h4-5,14,20-21H,6-13H2,1-3H3,(H,23,27)/t20-,21-,22-/m0/s1. The van der Waals surface area contributed by atoms with Crippen LogP contribution in [0, 0.1) is 6.92 Å². The molecule has 1 aromatic rings. The lowest BCUT2D eigenvalue weighted by atomic mass is 9.68. The minimum absolute atomic E-state index is 0.0581. The van der Waals surface area contributed by atoms with Gasteiger partial charge in [0.05, 0.1) is 0 Å². The Hall–Kier alpha value is -1.92. The molecule has 1 aliphatic carbocycles. The molecule has 152 valence electrons. The van der Waals surface area contributed by atoms with E-state index in [0.717, 1.165) is 56.0 Å². The molecular formula is C22H31N3O3. The average molecular weight is 386 g/mol. The zero-order valence-corrected chi connectivity index (χ0v) is 17.2. The molecule has 2 heterocycles. The lowest BCUT2D eigenvalue weighted by Gasteiger charge is -2.39. The summed E-state index contributed by atoms with van der Waals surface area (Å²) in [5.41, 5.74) is 2.07. The molecule has 0 spiro atoms. The monoisotopic (exact) mass is 385 g/mol. The number of carbonyl (C=O) groups is 2. The third-order valence-corrected chi connectivity index (χ3v) is 6.74. The number of piperazine rings is 1. The summed E-state index contributed by atoms with van der Waals surface area (Å²) in [6.45, 7) is 8.99. The highest BCUT2D eigenvalue weighted by molar-refractivity contribution is 5.91. The van der Waals surface area contributed by atoms with Crippen molar-refractivity contribution >= 4 is 11.7 Å². The normalized spacial score (nSPS) is 30.5. The van der Waals surface area contributed by atoms with Gasteiger partial charge in [-0.2, -0.15) is 0 Å². The second kappa shape index (κ2) is 7.48. The highest BCUT2D eigenvalue weighted by Crippen LogP contribution is 2.49. The largest absolute Gasteiger partial charge is 0.487 e. The molecule has 6 nitrogen and oxygen atoms in total. The first-order chi connectivity index (χ1) is 13.4. The number of likely N-dealkylation sites (N-methyl/N-ethyl adjacent to an activating group) is 1. The SMILES string of the molecule is Cc1ccc2c(c1)O[C@H]1[C@@H](NC(=O)CCN3CCN(C)CC3)C(=O)CC[C@@]21C. The molecule has 3 aliphatic rings. The van der Waals surface area contributed by atoms with Gasteiger partial charge in [-0.05, 0) is 32.0 Å². The van der Waals surface area contributed by atoms with Gasteiger partial charge < -0.3 is 19.9 Å². The number of nitrogens with zero attached hydrogens (tertiary/aromatic N) is 2. The Bertz CT molecular complexity index is 772. The van der Waals surface area contributed by atoms with E-state index in [1.807, 2.05) is 13.0 Å². The van der Waals surface area contributed by atoms with Gasteiger partial charge in [0.25, 0.3) is 0 Å². The Balaban J connectivity index is 1.41. The van der Waals surface area contributed by atoms with E-state index in [1.54, 1.807) is 0 Å². The lowest BCUT2D eigenvalue weighted by Crippen LogP contribution is -2.59. The zero-order chi connectivity index (χ0) is 19.9. The van der Waals surface area contributed by atoms with Crippen molar-refractivity contribution in [3.05, 3.63) is 29.3 Å². The molecule has 2 fully saturated rings. The fourth-order valence-corrected chi connectivity index (χ4v) is 4.77.